The number of rotatable bonds is 36. The van der Waals surface area contributed by atoms with Crippen molar-refractivity contribution in [2.75, 3.05) is 54.1 Å². The summed E-state index contributed by atoms with van der Waals surface area (Å²) in [6.45, 7) is 5.06. The first-order chi connectivity index (χ1) is 25.6. The molecule has 0 bridgehead atoms. The lowest BCUT2D eigenvalue weighted by molar-refractivity contribution is -0.870. The summed E-state index contributed by atoms with van der Waals surface area (Å²) < 4.78 is 34.4. The average molecular weight is 762 g/mol. The van der Waals surface area contributed by atoms with E-state index in [-0.39, 0.29) is 32.2 Å². The summed E-state index contributed by atoms with van der Waals surface area (Å²) in [5, 5.41) is 0. The highest BCUT2D eigenvalue weighted by molar-refractivity contribution is 7.45. The predicted octanol–water partition coefficient (Wildman–Crippen LogP) is 11.1. The Balaban J connectivity index is 4.39. The molecule has 0 aromatic rings. The highest BCUT2D eigenvalue weighted by Gasteiger charge is 2.20. The molecule has 2 unspecified atom stereocenters. The van der Waals surface area contributed by atoms with Crippen molar-refractivity contribution in [2.24, 2.45) is 0 Å². The zero-order valence-corrected chi connectivity index (χ0v) is 35.1. The number of carbonyl (C=O) groups is 1. The summed E-state index contributed by atoms with van der Waals surface area (Å²) in [7, 11) is 1.30. The number of nitrogens with zero attached hydrogens (tertiary/aromatic N) is 1. The second-order valence-electron chi connectivity index (χ2n) is 14.2. The van der Waals surface area contributed by atoms with Crippen LogP contribution in [-0.2, 0) is 27.9 Å². The number of hydrogen-bond donors (Lipinski definition) is 0. The normalized spacial score (nSPS) is 14.8. The molecule has 0 saturated carbocycles. The van der Waals surface area contributed by atoms with Crippen LogP contribution in [0.4, 0.5) is 0 Å². The highest BCUT2D eigenvalue weighted by atomic mass is 31.2. The molecule has 53 heavy (non-hydrogen) atoms. The van der Waals surface area contributed by atoms with Gasteiger partial charge >= 0.3 is 5.97 Å². The molecular weight excluding hydrogens is 685 g/mol. The molecule has 0 radical (unpaired) electrons. The molecule has 0 aliphatic rings. The molecule has 0 heterocycles. The van der Waals surface area contributed by atoms with Crippen LogP contribution in [-0.4, -0.2) is 70.7 Å². The van der Waals surface area contributed by atoms with Crippen LogP contribution in [0, 0.1) is 0 Å². The van der Waals surface area contributed by atoms with Crippen molar-refractivity contribution in [1.82, 2.24) is 0 Å². The Kier molecular flexibility index (Phi) is 35.0. The Hall–Kier alpha value is -2.32. The van der Waals surface area contributed by atoms with E-state index < -0.39 is 13.9 Å². The number of quaternary nitrogens is 1. The fourth-order valence-electron chi connectivity index (χ4n) is 4.84. The van der Waals surface area contributed by atoms with Gasteiger partial charge in [-0.3, -0.25) is 9.36 Å². The minimum atomic E-state index is -4.54. The summed E-state index contributed by atoms with van der Waals surface area (Å²) >= 11 is 0. The topological polar surface area (TPSA) is 94.1 Å². The molecule has 0 N–H and O–H groups in total. The first-order valence-corrected chi connectivity index (χ1v) is 21.8. The second-order valence-corrected chi connectivity index (χ2v) is 15.6. The van der Waals surface area contributed by atoms with Crippen LogP contribution < -0.4 is 4.89 Å². The summed E-state index contributed by atoms with van der Waals surface area (Å²) in [6.07, 6.45) is 47.4. The first-order valence-electron chi connectivity index (χ1n) is 20.3. The third-order valence-corrected chi connectivity index (χ3v) is 8.91. The van der Waals surface area contributed by atoms with Crippen LogP contribution in [0.25, 0.3) is 0 Å². The van der Waals surface area contributed by atoms with Gasteiger partial charge in [-0.15, -0.1) is 0 Å². The van der Waals surface area contributed by atoms with Gasteiger partial charge in [0.25, 0.3) is 7.82 Å². The van der Waals surface area contributed by atoms with E-state index in [9.17, 15) is 14.3 Å². The maximum absolute atomic E-state index is 12.6. The lowest BCUT2D eigenvalue weighted by Gasteiger charge is -2.28. The Morgan fingerprint density at radius 1 is 0.585 bits per heavy atom. The number of esters is 1. The number of ether oxygens (including phenoxy) is 2. The Labute approximate surface area is 325 Å². The van der Waals surface area contributed by atoms with Gasteiger partial charge in [-0.2, -0.15) is 0 Å². The lowest BCUT2D eigenvalue weighted by atomic mass is 10.1. The van der Waals surface area contributed by atoms with Gasteiger partial charge in [0.15, 0.2) is 0 Å². The van der Waals surface area contributed by atoms with Gasteiger partial charge in [0, 0.05) is 13.0 Å². The van der Waals surface area contributed by atoms with Crippen molar-refractivity contribution >= 4 is 13.8 Å². The Morgan fingerprint density at radius 3 is 1.53 bits per heavy atom. The van der Waals surface area contributed by atoms with Gasteiger partial charge in [-0.05, 0) is 83.5 Å². The number of likely N-dealkylation sites (N-methyl/N-ethyl adjacent to an activating group) is 1. The summed E-state index contributed by atoms with van der Waals surface area (Å²) in [6, 6.07) is 0. The van der Waals surface area contributed by atoms with Gasteiger partial charge in [-0.1, -0.05) is 125 Å². The van der Waals surface area contributed by atoms with Gasteiger partial charge in [0.05, 0.1) is 34.4 Å². The van der Waals surface area contributed by atoms with E-state index in [0.29, 0.717) is 17.6 Å². The average Bonchev–Trinajstić information content (AvgIpc) is 3.11. The molecule has 304 valence electrons. The Morgan fingerprint density at radius 2 is 1.04 bits per heavy atom. The number of unbranched alkanes of at least 4 members (excludes halogenated alkanes) is 8. The van der Waals surface area contributed by atoms with E-state index in [1.165, 1.54) is 0 Å². The van der Waals surface area contributed by atoms with E-state index in [1.807, 2.05) is 21.1 Å². The van der Waals surface area contributed by atoms with Crippen LogP contribution in [0.5, 0.6) is 0 Å². The molecule has 2 atom stereocenters. The third-order valence-electron chi connectivity index (χ3n) is 7.94. The maximum atomic E-state index is 12.6. The molecule has 0 aromatic heterocycles. The van der Waals surface area contributed by atoms with Crippen LogP contribution in [0.15, 0.2) is 85.1 Å². The summed E-state index contributed by atoms with van der Waals surface area (Å²) in [4.78, 5) is 25.0. The Bertz CT molecular complexity index is 1120. The van der Waals surface area contributed by atoms with E-state index in [0.717, 1.165) is 109 Å². The van der Waals surface area contributed by atoms with Crippen molar-refractivity contribution in [1.29, 1.82) is 0 Å². The molecule has 0 saturated heterocycles. The first kappa shape index (κ1) is 50.7. The van der Waals surface area contributed by atoms with E-state index in [1.54, 1.807) is 0 Å². The van der Waals surface area contributed by atoms with Crippen molar-refractivity contribution in [3.8, 4) is 0 Å². The van der Waals surface area contributed by atoms with Crippen LogP contribution in [0.3, 0.4) is 0 Å². The van der Waals surface area contributed by atoms with Crippen molar-refractivity contribution < 1.29 is 37.3 Å². The number of phosphoric ester groups is 1. The maximum Gasteiger partial charge on any atom is 0.306 e. The molecule has 0 aromatic carbocycles. The standard InChI is InChI=1S/C44H76NO7P/c1-6-8-10-12-14-16-18-20-22-23-24-25-27-29-31-33-35-37-44(46)52-43(42-51-53(47,48)50-40-38-45(3,4)5)41-49-39-36-34-32-30-28-26-21-19-17-15-13-11-9-7-2/h8-11,14-17,20-22,24-26,43H,6-7,12-13,18-19,23,27-42H2,1-5H3/b10-8-,11-9-,16-14-,17-15-,22-20-,25-24-,26-21-. The van der Waals surface area contributed by atoms with Crippen molar-refractivity contribution in [3.63, 3.8) is 0 Å². The molecular formula is C44H76NO7P. The zero-order valence-electron chi connectivity index (χ0n) is 34.2. The van der Waals surface area contributed by atoms with Crippen LogP contribution in [0.2, 0.25) is 0 Å². The quantitative estimate of drug-likeness (QED) is 0.0206. The van der Waals surface area contributed by atoms with Crippen LogP contribution >= 0.6 is 7.82 Å². The minimum Gasteiger partial charge on any atom is -0.756 e. The zero-order chi connectivity index (χ0) is 39.1. The largest absolute Gasteiger partial charge is 0.756 e. The SMILES string of the molecule is CC/C=C\C/C=C\C/C=C\C/C=C\CCCCCCC(=O)OC(COCCCCCC/C=C\C/C=C\C/C=C\CC)COP(=O)([O-])OCC[N+](C)(C)C. The summed E-state index contributed by atoms with van der Waals surface area (Å²) in [5.41, 5.74) is 0. The second kappa shape index (κ2) is 36.6. The third kappa shape index (κ3) is 40.7. The van der Waals surface area contributed by atoms with E-state index >= 15 is 0 Å². The fraction of sp³-hybridized carbons (Fsp3) is 0.659. The molecule has 9 heteroatoms. The molecule has 0 amide bonds. The molecule has 0 rings (SSSR count). The lowest BCUT2D eigenvalue weighted by Crippen LogP contribution is -2.37. The highest BCUT2D eigenvalue weighted by Crippen LogP contribution is 2.38. The monoisotopic (exact) mass is 762 g/mol. The van der Waals surface area contributed by atoms with E-state index in [4.69, 9.17) is 18.5 Å². The van der Waals surface area contributed by atoms with Gasteiger partial charge in [0.1, 0.15) is 19.3 Å². The predicted molar refractivity (Wildman–Crippen MR) is 222 cm³/mol. The van der Waals surface area contributed by atoms with Crippen molar-refractivity contribution in [3.05, 3.63) is 85.1 Å². The van der Waals surface area contributed by atoms with E-state index in [2.05, 4.69) is 98.9 Å². The number of hydrogen-bond acceptors (Lipinski definition) is 7. The molecule has 8 nitrogen and oxygen atoms in total. The summed E-state index contributed by atoms with van der Waals surface area (Å²) in [5.74, 6) is -0.371. The molecule has 0 aliphatic heterocycles. The molecule has 0 aliphatic carbocycles. The molecule has 0 spiro atoms. The number of allylic oxidation sites excluding steroid dienone is 14. The van der Waals surface area contributed by atoms with Gasteiger partial charge < -0.3 is 27.9 Å². The van der Waals surface area contributed by atoms with Gasteiger partial charge in [0.2, 0.25) is 0 Å². The fourth-order valence-corrected chi connectivity index (χ4v) is 5.57. The smallest absolute Gasteiger partial charge is 0.306 e. The molecule has 0 fully saturated rings. The number of phosphoric acid groups is 1. The van der Waals surface area contributed by atoms with Crippen molar-refractivity contribution in [2.45, 2.75) is 136 Å². The van der Waals surface area contributed by atoms with Crippen LogP contribution in [0.1, 0.15) is 129 Å². The van der Waals surface area contributed by atoms with Gasteiger partial charge in [-0.25, -0.2) is 0 Å². The number of carbonyl (C=O) groups excluding carboxylic acids is 1. The minimum absolute atomic E-state index is 0.0112.